The van der Waals surface area contributed by atoms with Crippen molar-refractivity contribution in [3.63, 3.8) is 0 Å². The first kappa shape index (κ1) is 24.2. The normalized spacial score (nSPS) is 15.3. The number of nitrogens with zero attached hydrogens (tertiary/aromatic N) is 2. The minimum atomic E-state index is -3.68. The van der Waals surface area contributed by atoms with Gasteiger partial charge in [0, 0.05) is 18.8 Å². The Kier molecular flexibility index (Phi) is 7.58. The van der Waals surface area contributed by atoms with Crippen LogP contribution in [-0.4, -0.2) is 52.9 Å². The molecule has 2 aromatic carbocycles. The summed E-state index contributed by atoms with van der Waals surface area (Å²) in [5.41, 5.74) is 1.86. The zero-order valence-electron chi connectivity index (χ0n) is 18.3. The highest BCUT2D eigenvalue weighted by atomic mass is 32.2. The lowest BCUT2D eigenvalue weighted by molar-refractivity contribution is -0.114. The summed E-state index contributed by atoms with van der Waals surface area (Å²) in [7, 11) is -7.23. The van der Waals surface area contributed by atoms with Gasteiger partial charge in [-0.05, 0) is 61.2 Å². The Labute approximate surface area is 190 Å². The van der Waals surface area contributed by atoms with Crippen LogP contribution >= 0.6 is 0 Å². The Morgan fingerprint density at radius 3 is 2.06 bits per heavy atom. The lowest BCUT2D eigenvalue weighted by atomic mass is 10.1. The van der Waals surface area contributed by atoms with Gasteiger partial charge in [0.15, 0.2) is 0 Å². The van der Waals surface area contributed by atoms with Crippen LogP contribution in [0.1, 0.15) is 31.7 Å². The van der Waals surface area contributed by atoms with E-state index in [1.807, 2.05) is 19.1 Å². The molecule has 1 aliphatic rings. The maximum atomic E-state index is 12.7. The third-order valence-electron chi connectivity index (χ3n) is 5.41. The van der Waals surface area contributed by atoms with E-state index in [0.717, 1.165) is 41.8 Å². The summed E-state index contributed by atoms with van der Waals surface area (Å²) in [6, 6.07) is 12.9. The first-order valence-electron chi connectivity index (χ1n) is 10.6. The van der Waals surface area contributed by atoms with Gasteiger partial charge in [0.25, 0.3) is 0 Å². The second-order valence-electron chi connectivity index (χ2n) is 7.83. The number of hydrogen-bond acceptors (Lipinski definition) is 5. The number of rotatable bonds is 8. The van der Waals surface area contributed by atoms with Gasteiger partial charge in [-0.2, -0.15) is 4.31 Å². The van der Waals surface area contributed by atoms with E-state index < -0.39 is 32.5 Å². The van der Waals surface area contributed by atoms with Crippen LogP contribution in [0, 0.1) is 0 Å². The molecule has 174 valence electrons. The summed E-state index contributed by atoms with van der Waals surface area (Å²) < 4.78 is 52.5. The summed E-state index contributed by atoms with van der Waals surface area (Å²) >= 11 is 0. The molecular formula is C22H29N3O5S2. The number of carbonyl (C=O) groups excluding carboxylic acids is 1. The molecule has 1 heterocycles. The molecule has 0 aliphatic carbocycles. The van der Waals surface area contributed by atoms with Crippen molar-refractivity contribution in [2.75, 3.05) is 35.5 Å². The summed E-state index contributed by atoms with van der Waals surface area (Å²) in [5, 5.41) is 2.64. The monoisotopic (exact) mass is 479 g/mol. The highest BCUT2D eigenvalue weighted by Gasteiger charge is 2.26. The number of sulfonamides is 2. The second-order valence-corrected chi connectivity index (χ2v) is 11.7. The zero-order chi connectivity index (χ0) is 23.4. The fourth-order valence-corrected chi connectivity index (χ4v) is 5.97. The lowest BCUT2D eigenvalue weighted by Crippen LogP contribution is -2.37. The minimum Gasteiger partial charge on any atom is -0.325 e. The van der Waals surface area contributed by atoms with Crippen molar-refractivity contribution in [3.05, 3.63) is 54.1 Å². The van der Waals surface area contributed by atoms with Gasteiger partial charge >= 0.3 is 0 Å². The molecule has 1 aliphatic heterocycles. The van der Waals surface area contributed by atoms with E-state index in [0.29, 0.717) is 24.5 Å². The van der Waals surface area contributed by atoms with Gasteiger partial charge in [0.05, 0.1) is 16.8 Å². The number of benzene rings is 2. The van der Waals surface area contributed by atoms with Gasteiger partial charge < -0.3 is 5.32 Å². The van der Waals surface area contributed by atoms with Crippen LogP contribution in [-0.2, 0) is 31.3 Å². The van der Waals surface area contributed by atoms with Crippen LogP contribution < -0.4 is 9.62 Å². The van der Waals surface area contributed by atoms with Gasteiger partial charge in [-0.1, -0.05) is 25.5 Å². The second kappa shape index (κ2) is 10.0. The van der Waals surface area contributed by atoms with Gasteiger partial charge in [-0.25, -0.2) is 16.8 Å². The van der Waals surface area contributed by atoms with Gasteiger partial charge in [-0.3, -0.25) is 9.10 Å². The summed E-state index contributed by atoms with van der Waals surface area (Å²) in [6.07, 6.45) is 4.61. The fourth-order valence-electron chi connectivity index (χ4n) is 3.59. The van der Waals surface area contributed by atoms with E-state index in [-0.39, 0.29) is 4.90 Å². The van der Waals surface area contributed by atoms with E-state index in [4.69, 9.17) is 0 Å². The van der Waals surface area contributed by atoms with Crippen molar-refractivity contribution in [1.29, 1.82) is 0 Å². The fraction of sp³-hybridized carbons (Fsp3) is 0.409. The van der Waals surface area contributed by atoms with Crippen molar-refractivity contribution in [2.24, 2.45) is 0 Å². The highest BCUT2D eigenvalue weighted by molar-refractivity contribution is 7.92. The molecule has 0 bridgehead atoms. The maximum absolute atomic E-state index is 12.7. The Morgan fingerprint density at radius 2 is 1.53 bits per heavy atom. The number of carbonyl (C=O) groups is 1. The van der Waals surface area contributed by atoms with E-state index in [1.54, 1.807) is 12.1 Å². The first-order valence-corrected chi connectivity index (χ1v) is 13.9. The number of anilines is 2. The Morgan fingerprint density at radius 1 is 0.938 bits per heavy atom. The van der Waals surface area contributed by atoms with Crippen molar-refractivity contribution < 1.29 is 21.6 Å². The van der Waals surface area contributed by atoms with Crippen molar-refractivity contribution in [3.8, 4) is 0 Å². The summed E-state index contributed by atoms with van der Waals surface area (Å²) in [6.45, 7) is 2.64. The van der Waals surface area contributed by atoms with Crippen LogP contribution in [0.15, 0.2) is 53.4 Å². The molecule has 1 amide bonds. The molecule has 0 atom stereocenters. The molecule has 0 unspecified atom stereocenters. The average Bonchev–Trinajstić information content (AvgIpc) is 2.78. The topological polar surface area (TPSA) is 104 Å². The molecule has 8 nitrogen and oxygen atoms in total. The molecule has 2 aromatic rings. The molecule has 1 fully saturated rings. The number of nitrogens with one attached hydrogen (secondary N) is 1. The smallest absolute Gasteiger partial charge is 0.245 e. The molecule has 0 aromatic heterocycles. The van der Waals surface area contributed by atoms with Crippen LogP contribution in [0.2, 0.25) is 0 Å². The zero-order valence-corrected chi connectivity index (χ0v) is 20.0. The number of amides is 1. The van der Waals surface area contributed by atoms with Crippen molar-refractivity contribution in [2.45, 2.75) is 37.5 Å². The quantitative estimate of drug-likeness (QED) is 0.627. The van der Waals surface area contributed by atoms with E-state index in [2.05, 4.69) is 5.32 Å². The number of aryl methyl sites for hydroxylation is 1. The van der Waals surface area contributed by atoms with E-state index in [9.17, 15) is 21.6 Å². The van der Waals surface area contributed by atoms with Gasteiger partial charge in [0.1, 0.15) is 6.54 Å². The number of piperidine rings is 1. The molecular weight excluding hydrogens is 450 g/mol. The van der Waals surface area contributed by atoms with Gasteiger partial charge in [0.2, 0.25) is 26.0 Å². The van der Waals surface area contributed by atoms with Crippen LogP contribution in [0.5, 0.6) is 0 Å². The SMILES string of the molecule is CCc1ccc(N(CC(=O)Nc2ccc(S(=O)(=O)N3CCCCC3)cc2)S(C)(=O)=O)cc1. The van der Waals surface area contributed by atoms with Gasteiger partial charge in [-0.15, -0.1) is 0 Å². The molecule has 0 saturated carbocycles. The third-order valence-corrected chi connectivity index (χ3v) is 8.46. The molecule has 3 rings (SSSR count). The van der Waals surface area contributed by atoms with E-state index >= 15 is 0 Å². The average molecular weight is 480 g/mol. The molecule has 1 saturated heterocycles. The van der Waals surface area contributed by atoms with Crippen LogP contribution in [0.3, 0.4) is 0 Å². The Hall–Kier alpha value is -2.43. The molecule has 10 heteroatoms. The molecule has 0 radical (unpaired) electrons. The third kappa shape index (κ3) is 5.87. The van der Waals surface area contributed by atoms with Crippen LogP contribution in [0.25, 0.3) is 0 Å². The highest BCUT2D eigenvalue weighted by Crippen LogP contribution is 2.23. The number of hydrogen-bond donors (Lipinski definition) is 1. The van der Waals surface area contributed by atoms with E-state index in [1.165, 1.54) is 28.6 Å². The Balaban J connectivity index is 1.70. The Bertz CT molecular complexity index is 1140. The van der Waals surface area contributed by atoms with Crippen molar-refractivity contribution >= 4 is 37.3 Å². The molecule has 32 heavy (non-hydrogen) atoms. The summed E-state index contributed by atoms with van der Waals surface area (Å²) in [4.78, 5) is 12.7. The molecule has 0 spiro atoms. The molecule has 1 N–H and O–H groups in total. The largest absolute Gasteiger partial charge is 0.325 e. The first-order chi connectivity index (χ1) is 15.1. The predicted molar refractivity (Wildman–Crippen MR) is 126 cm³/mol. The summed E-state index contributed by atoms with van der Waals surface area (Å²) in [5.74, 6) is -0.526. The van der Waals surface area contributed by atoms with Crippen LogP contribution in [0.4, 0.5) is 11.4 Å². The minimum absolute atomic E-state index is 0.172. The predicted octanol–water partition coefficient (Wildman–Crippen LogP) is 2.83. The standard InChI is InChI=1S/C22H29N3O5S2/c1-3-18-7-11-20(12-8-18)25(31(2,27)28)17-22(26)23-19-9-13-21(14-10-19)32(29,30)24-15-5-4-6-16-24/h7-14H,3-6,15-17H2,1-2H3,(H,23,26). The van der Waals surface area contributed by atoms with Crippen molar-refractivity contribution in [1.82, 2.24) is 4.31 Å². The maximum Gasteiger partial charge on any atom is 0.245 e. The lowest BCUT2D eigenvalue weighted by Gasteiger charge is -2.26.